The molecule has 0 saturated heterocycles. The number of ether oxygens (including phenoxy) is 1. The largest absolute Gasteiger partial charge is 0.495 e. The Morgan fingerprint density at radius 3 is 2.88 bits per heavy atom. The van der Waals surface area contributed by atoms with Crippen LogP contribution in [0.1, 0.15) is 9.80 Å². The third kappa shape index (κ3) is 3.34. The Morgan fingerprint density at radius 2 is 2.20 bits per heavy atom. The highest BCUT2D eigenvalue weighted by molar-refractivity contribution is 7.16. The molecule has 7 heteroatoms. The molecular formula is C18H14N4O2S. The van der Waals surface area contributed by atoms with Gasteiger partial charge in [0.2, 0.25) is 0 Å². The van der Waals surface area contributed by atoms with E-state index in [1.54, 1.807) is 7.11 Å². The fourth-order valence-electron chi connectivity index (χ4n) is 2.42. The van der Waals surface area contributed by atoms with Crippen molar-refractivity contribution in [1.82, 2.24) is 10.2 Å². The first-order chi connectivity index (χ1) is 12.2. The zero-order valence-corrected chi connectivity index (χ0v) is 14.3. The standard InChI is InChI=1S/C18H14N4O2S/c1-11(8-19)9-20-17-14-7-13(18-22-21-16(10-23)25-18)4-3-12(14)5-6-15(17)24-2/h3-7,10,20H,1,9H2,2H3. The molecule has 0 atom stereocenters. The third-order valence-electron chi connectivity index (χ3n) is 3.63. The van der Waals surface area contributed by atoms with Gasteiger partial charge in [-0.25, -0.2) is 0 Å². The predicted molar refractivity (Wildman–Crippen MR) is 98.0 cm³/mol. The number of nitriles is 1. The van der Waals surface area contributed by atoms with Crippen LogP contribution in [0.4, 0.5) is 5.69 Å². The van der Waals surface area contributed by atoms with Gasteiger partial charge in [-0.2, -0.15) is 5.26 Å². The summed E-state index contributed by atoms with van der Waals surface area (Å²) in [7, 11) is 1.59. The van der Waals surface area contributed by atoms with Gasteiger partial charge < -0.3 is 10.1 Å². The van der Waals surface area contributed by atoms with Gasteiger partial charge in [0, 0.05) is 23.1 Å². The van der Waals surface area contributed by atoms with Crippen molar-refractivity contribution < 1.29 is 9.53 Å². The predicted octanol–water partition coefficient (Wildman–Crippen LogP) is 3.67. The van der Waals surface area contributed by atoms with E-state index in [0.717, 1.165) is 22.0 Å². The average molecular weight is 350 g/mol. The third-order valence-corrected chi connectivity index (χ3v) is 4.53. The van der Waals surface area contributed by atoms with Crippen molar-refractivity contribution in [2.45, 2.75) is 0 Å². The molecule has 1 aromatic heterocycles. The molecule has 1 heterocycles. The van der Waals surface area contributed by atoms with E-state index in [1.807, 2.05) is 36.4 Å². The molecule has 0 saturated carbocycles. The van der Waals surface area contributed by atoms with Gasteiger partial charge in [-0.1, -0.05) is 36.1 Å². The normalized spacial score (nSPS) is 10.2. The van der Waals surface area contributed by atoms with Crippen LogP contribution in [0.3, 0.4) is 0 Å². The molecule has 1 N–H and O–H groups in total. The Labute approximate surface area is 148 Å². The number of benzene rings is 2. The van der Waals surface area contributed by atoms with Gasteiger partial charge in [0.25, 0.3) is 0 Å². The van der Waals surface area contributed by atoms with Crippen molar-refractivity contribution >= 4 is 34.1 Å². The topological polar surface area (TPSA) is 87.9 Å². The summed E-state index contributed by atoms with van der Waals surface area (Å²) < 4.78 is 5.44. The summed E-state index contributed by atoms with van der Waals surface area (Å²) in [4.78, 5) is 10.8. The number of fused-ring (bicyclic) bond motifs is 1. The van der Waals surface area contributed by atoms with E-state index in [1.165, 1.54) is 11.3 Å². The molecule has 0 fully saturated rings. The molecule has 6 nitrogen and oxygen atoms in total. The van der Waals surface area contributed by atoms with Gasteiger partial charge >= 0.3 is 0 Å². The molecule has 124 valence electrons. The van der Waals surface area contributed by atoms with Gasteiger partial charge in [0.15, 0.2) is 11.3 Å². The molecule has 0 bridgehead atoms. The summed E-state index contributed by atoms with van der Waals surface area (Å²) in [6, 6.07) is 11.7. The van der Waals surface area contributed by atoms with E-state index in [9.17, 15) is 4.79 Å². The Kier molecular flexibility index (Phi) is 4.73. The van der Waals surface area contributed by atoms with Crippen molar-refractivity contribution in [2.24, 2.45) is 0 Å². The highest BCUT2D eigenvalue weighted by Crippen LogP contribution is 2.36. The highest BCUT2D eigenvalue weighted by Gasteiger charge is 2.12. The molecule has 2 aromatic carbocycles. The minimum Gasteiger partial charge on any atom is -0.495 e. The second kappa shape index (κ2) is 7.11. The summed E-state index contributed by atoms with van der Waals surface area (Å²) >= 11 is 1.23. The summed E-state index contributed by atoms with van der Waals surface area (Å²) in [5.74, 6) is 0.668. The van der Waals surface area contributed by atoms with Crippen molar-refractivity contribution in [1.29, 1.82) is 5.26 Å². The summed E-state index contributed by atoms with van der Waals surface area (Å²) in [5.41, 5.74) is 2.06. The van der Waals surface area contributed by atoms with Crippen LogP contribution in [-0.4, -0.2) is 30.1 Å². The monoisotopic (exact) mass is 350 g/mol. The molecule has 0 amide bonds. The SMILES string of the molecule is C=C(C#N)CNc1c(OC)ccc2ccc(-c3nnc(C=O)s3)cc12. The van der Waals surface area contributed by atoms with Gasteiger partial charge in [-0.05, 0) is 17.5 Å². The number of carbonyl (C=O) groups is 1. The Hall–Kier alpha value is -3.24. The lowest BCUT2D eigenvalue weighted by atomic mass is 10.0. The van der Waals surface area contributed by atoms with Crippen LogP contribution in [0.15, 0.2) is 42.5 Å². The van der Waals surface area contributed by atoms with Crippen LogP contribution in [-0.2, 0) is 0 Å². The minimum absolute atomic E-state index is 0.324. The zero-order chi connectivity index (χ0) is 17.8. The maximum atomic E-state index is 10.8. The highest BCUT2D eigenvalue weighted by atomic mass is 32.1. The molecule has 0 aliphatic rings. The van der Waals surface area contributed by atoms with Crippen LogP contribution in [0.5, 0.6) is 5.75 Å². The minimum atomic E-state index is 0.324. The molecule has 3 rings (SSSR count). The number of aldehydes is 1. The number of nitrogens with one attached hydrogen (secondary N) is 1. The van der Waals surface area contributed by atoms with Crippen LogP contribution < -0.4 is 10.1 Å². The number of aromatic nitrogens is 2. The first-order valence-corrected chi connectivity index (χ1v) is 8.19. The Morgan fingerprint density at radius 1 is 1.40 bits per heavy atom. The molecule has 0 radical (unpaired) electrons. The Balaban J connectivity index is 2.10. The molecule has 0 unspecified atom stereocenters. The van der Waals surface area contributed by atoms with E-state index < -0.39 is 0 Å². The summed E-state index contributed by atoms with van der Waals surface area (Å²) in [5, 5.41) is 22.9. The summed E-state index contributed by atoms with van der Waals surface area (Å²) in [6.07, 6.45) is 0.686. The molecule has 0 aliphatic carbocycles. The lowest BCUT2D eigenvalue weighted by molar-refractivity contribution is 0.112. The van der Waals surface area contributed by atoms with Gasteiger partial charge in [0.05, 0.1) is 18.9 Å². The maximum Gasteiger partial charge on any atom is 0.180 e. The van der Waals surface area contributed by atoms with Crippen LogP contribution >= 0.6 is 11.3 Å². The number of rotatable bonds is 6. The van der Waals surface area contributed by atoms with Crippen LogP contribution in [0.25, 0.3) is 21.3 Å². The van der Waals surface area contributed by atoms with E-state index >= 15 is 0 Å². The number of hydrogen-bond acceptors (Lipinski definition) is 7. The number of nitrogens with zero attached hydrogens (tertiary/aromatic N) is 3. The van der Waals surface area contributed by atoms with E-state index in [0.29, 0.717) is 34.2 Å². The molecular weight excluding hydrogens is 336 g/mol. The van der Waals surface area contributed by atoms with Crippen molar-refractivity contribution in [3.63, 3.8) is 0 Å². The zero-order valence-electron chi connectivity index (χ0n) is 13.4. The molecule has 3 aromatic rings. The molecule has 25 heavy (non-hydrogen) atoms. The second-order valence-electron chi connectivity index (χ2n) is 5.21. The van der Waals surface area contributed by atoms with E-state index in [-0.39, 0.29) is 0 Å². The van der Waals surface area contributed by atoms with Crippen molar-refractivity contribution in [3.8, 4) is 22.4 Å². The number of carbonyl (C=O) groups excluding carboxylic acids is 1. The lowest BCUT2D eigenvalue weighted by Crippen LogP contribution is -2.05. The molecule has 0 spiro atoms. The summed E-state index contributed by atoms with van der Waals surface area (Å²) in [6.45, 7) is 4.01. The van der Waals surface area contributed by atoms with Crippen molar-refractivity contribution in [2.75, 3.05) is 19.0 Å². The van der Waals surface area contributed by atoms with Crippen LogP contribution in [0.2, 0.25) is 0 Å². The quantitative estimate of drug-likeness (QED) is 0.539. The average Bonchev–Trinajstić information content (AvgIpc) is 3.14. The van der Waals surface area contributed by atoms with E-state index in [2.05, 4.69) is 22.1 Å². The number of anilines is 1. The Bertz CT molecular complexity index is 1000. The fourth-order valence-corrected chi connectivity index (χ4v) is 3.07. The lowest BCUT2D eigenvalue weighted by Gasteiger charge is -2.14. The fraction of sp³-hybridized carbons (Fsp3) is 0.111. The molecule has 0 aliphatic heterocycles. The van der Waals surface area contributed by atoms with Crippen LogP contribution in [0, 0.1) is 11.3 Å². The van der Waals surface area contributed by atoms with E-state index in [4.69, 9.17) is 10.00 Å². The van der Waals surface area contributed by atoms with Crippen molar-refractivity contribution in [3.05, 3.63) is 47.5 Å². The first kappa shape index (κ1) is 16.6. The number of hydrogen-bond donors (Lipinski definition) is 1. The smallest absolute Gasteiger partial charge is 0.180 e. The maximum absolute atomic E-state index is 10.8. The first-order valence-electron chi connectivity index (χ1n) is 7.38. The number of methoxy groups -OCH3 is 1. The van der Waals surface area contributed by atoms with Gasteiger partial charge in [-0.15, -0.1) is 10.2 Å². The van der Waals surface area contributed by atoms with Gasteiger partial charge in [0.1, 0.15) is 10.8 Å². The van der Waals surface area contributed by atoms with Gasteiger partial charge in [-0.3, -0.25) is 4.79 Å². The second-order valence-corrected chi connectivity index (χ2v) is 6.22.